The van der Waals surface area contributed by atoms with Crippen molar-refractivity contribution in [3.63, 3.8) is 0 Å². The first-order valence-corrected chi connectivity index (χ1v) is 4.70. The average molecular weight is 182 g/mol. The number of methoxy groups -OCH3 is 2. The average Bonchev–Trinajstić information content (AvgIpc) is 2.43. The molecule has 2 aliphatic rings. The van der Waals surface area contributed by atoms with E-state index >= 15 is 0 Å². The number of ether oxygens (including phenoxy) is 3. The standard InChI is InChI=1S/C9H15BO3/c1-11-4-3-6-8-7(12-2)5-13-9(8)10-6/h7-9H,3-5H2,1-2H3/t7-,8?,9-/m1/s1. The molecule has 3 nitrogen and oxygen atoms in total. The molecule has 3 atom stereocenters. The third-order valence-corrected chi connectivity index (χ3v) is 2.91. The normalized spacial score (nSPS) is 36.2. The summed E-state index contributed by atoms with van der Waals surface area (Å²) in [4.78, 5) is 0. The van der Waals surface area contributed by atoms with E-state index in [-0.39, 0.29) is 6.10 Å². The predicted octanol–water partition coefficient (Wildman–Crippen LogP) is -0.0994. The van der Waals surface area contributed by atoms with Crippen molar-refractivity contribution in [1.82, 2.24) is 0 Å². The van der Waals surface area contributed by atoms with Gasteiger partial charge in [0.15, 0.2) is 0 Å². The Morgan fingerprint density at radius 1 is 1.54 bits per heavy atom. The van der Waals surface area contributed by atoms with Gasteiger partial charge in [0, 0.05) is 0 Å². The first-order chi connectivity index (χ1) is 6.36. The molecule has 0 aromatic rings. The van der Waals surface area contributed by atoms with E-state index in [0.717, 1.165) is 19.6 Å². The molecule has 2 aliphatic heterocycles. The monoisotopic (exact) mass is 182 g/mol. The second kappa shape index (κ2) is 3.90. The Bertz CT molecular complexity index is 217. The summed E-state index contributed by atoms with van der Waals surface area (Å²) >= 11 is 0. The van der Waals surface area contributed by atoms with Crippen LogP contribution in [0.5, 0.6) is 0 Å². The first-order valence-electron chi connectivity index (χ1n) is 4.70. The fourth-order valence-corrected chi connectivity index (χ4v) is 2.11. The number of fused-ring (bicyclic) bond motifs is 1. The second-order valence-electron chi connectivity index (χ2n) is 3.58. The third kappa shape index (κ3) is 1.58. The Labute approximate surface area is 79.3 Å². The molecule has 0 bridgehead atoms. The summed E-state index contributed by atoms with van der Waals surface area (Å²) in [5, 5.41) is 0. The van der Waals surface area contributed by atoms with Crippen molar-refractivity contribution < 1.29 is 14.2 Å². The van der Waals surface area contributed by atoms with Gasteiger partial charge in [-0.3, -0.25) is 0 Å². The summed E-state index contributed by atoms with van der Waals surface area (Å²) in [5.74, 6) is 0.500. The SMILES string of the molecule is COCCC1=B[C@@H]2OC[C@@H](OC)C12. The van der Waals surface area contributed by atoms with Crippen molar-refractivity contribution in [3.8, 4) is 0 Å². The van der Waals surface area contributed by atoms with Crippen molar-refractivity contribution in [3.05, 3.63) is 0 Å². The fourth-order valence-electron chi connectivity index (χ4n) is 2.11. The molecule has 0 N–H and O–H groups in total. The first kappa shape index (κ1) is 9.37. The number of hydrogen-bond acceptors (Lipinski definition) is 3. The van der Waals surface area contributed by atoms with Crippen molar-refractivity contribution in [2.75, 3.05) is 27.4 Å². The number of hydrogen-bond donors (Lipinski definition) is 0. The molecule has 1 saturated heterocycles. The van der Waals surface area contributed by atoms with Gasteiger partial charge >= 0.3 is 78.5 Å². The summed E-state index contributed by atoms with van der Waals surface area (Å²) in [5.41, 5.74) is 1.44. The van der Waals surface area contributed by atoms with Gasteiger partial charge in [-0.1, -0.05) is 0 Å². The van der Waals surface area contributed by atoms with Crippen molar-refractivity contribution >= 4 is 12.4 Å². The zero-order valence-corrected chi connectivity index (χ0v) is 8.16. The van der Waals surface area contributed by atoms with Gasteiger partial charge in [0.2, 0.25) is 0 Å². The molecule has 0 aromatic carbocycles. The van der Waals surface area contributed by atoms with E-state index in [1.54, 1.807) is 14.2 Å². The molecule has 0 aliphatic carbocycles. The Morgan fingerprint density at radius 3 is 3.08 bits per heavy atom. The van der Waals surface area contributed by atoms with Crippen molar-refractivity contribution in [1.29, 1.82) is 0 Å². The van der Waals surface area contributed by atoms with Crippen LogP contribution in [0, 0.1) is 5.92 Å². The van der Waals surface area contributed by atoms with E-state index < -0.39 is 0 Å². The van der Waals surface area contributed by atoms with Crippen molar-refractivity contribution in [2.45, 2.75) is 18.5 Å². The van der Waals surface area contributed by atoms with Gasteiger partial charge < -0.3 is 0 Å². The molecule has 2 rings (SSSR count). The van der Waals surface area contributed by atoms with Crippen LogP contribution < -0.4 is 0 Å². The third-order valence-electron chi connectivity index (χ3n) is 2.91. The van der Waals surface area contributed by atoms with E-state index in [0.29, 0.717) is 11.9 Å². The molecular formula is C9H15BO3. The summed E-state index contributed by atoms with van der Waals surface area (Å²) in [6.07, 6.45) is 1.28. The Morgan fingerprint density at radius 2 is 2.38 bits per heavy atom. The number of rotatable bonds is 4. The van der Waals surface area contributed by atoms with Gasteiger partial charge in [-0.25, -0.2) is 0 Å². The molecule has 0 saturated carbocycles. The van der Waals surface area contributed by atoms with Crippen LogP contribution in [-0.2, 0) is 14.2 Å². The quantitative estimate of drug-likeness (QED) is 0.568. The van der Waals surface area contributed by atoms with Gasteiger partial charge in [-0.05, 0) is 0 Å². The van der Waals surface area contributed by atoms with E-state index in [4.69, 9.17) is 14.2 Å². The molecule has 1 unspecified atom stereocenters. The van der Waals surface area contributed by atoms with E-state index in [1.165, 1.54) is 5.46 Å². The summed E-state index contributed by atoms with van der Waals surface area (Å²) in [6, 6.07) is 0.316. The fraction of sp³-hybridized carbons (Fsp3) is 0.889. The zero-order valence-electron chi connectivity index (χ0n) is 8.16. The molecule has 2 heterocycles. The van der Waals surface area contributed by atoms with E-state index in [1.807, 2.05) is 0 Å². The van der Waals surface area contributed by atoms with Gasteiger partial charge in [-0.15, -0.1) is 0 Å². The molecular weight excluding hydrogens is 167 g/mol. The Kier molecular flexibility index (Phi) is 2.81. The maximum absolute atomic E-state index is 5.52. The molecule has 4 heteroatoms. The van der Waals surface area contributed by atoms with Crippen LogP contribution in [-0.4, -0.2) is 51.9 Å². The molecule has 0 spiro atoms. The topological polar surface area (TPSA) is 27.7 Å². The predicted molar refractivity (Wildman–Crippen MR) is 51.3 cm³/mol. The second-order valence-corrected chi connectivity index (χ2v) is 3.58. The van der Waals surface area contributed by atoms with Gasteiger partial charge in [-0.2, -0.15) is 0 Å². The molecule has 13 heavy (non-hydrogen) atoms. The zero-order chi connectivity index (χ0) is 9.26. The van der Waals surface area contributed by atoms with Crippen LogP contribution in [0.25, 0.3) is 0 Å². The van der Waals surface area contributed by atoms with Crippen LogP contribution in [0.3, 0.4) is 0 Å². The maximum atomic E-state index is 5.52. The molecule has 72 valence electrons. The minimum absolute atomic E-state index is 0.266. The summed E-state index contributed by atoms with van der Waals surface area (Å²) in [7, 11) is 3.48. The van der Waals surface area contributed by atoms with Crippen molar-refractivity contribution in [2.24, 2.45) is 5.92 Å². The van der Waals surface area contributed by atoms with Crippen LogP contribution >= 0.6 is 0 Å². The van der Waals surface area contributed by atoms with Crippen LogP contribution in [0.15, 0.2) is 0 Å². The molecule has 1 fully saturated rings. The van der Waals surface area contributed by atoms with Gasteiger partial charge in [0.25, 0.3) is 0 Å². The Hall–Kier alpha value is -0.185. The van der Waals surface area contributed by atoms with Gasteiger partial charge in [0.1, 0.15) is 0 Å². The molecule has 0 amide bonds. The van der Waals surface area contributed by atoms with E-state index in [2.05, 4.69) is 6.92 Å². The molecule has 0 radical (unpaired) electrons. The van der Waals surface area contributed by atoms with E-state index in [9.17, 15) is 0 Å². The summed E-state index contributed by atoms with van der Waals surface area (Å²) in [6.45, 7) is 3.73. The minimum atomic E-state index is 0.266. The summed E-state index contributed by atoms with van der Waals surface area (Å²) < 4.78 is 15.9. The van der Waals surface area contributed by atoms with Crippen LogP contribution in [0.4, 0.5) is 0 Å². The van der Waals surface area contributed by atoms with Crippen LogP contribution in [0.1, 0.15) is 6.42 Å². The Balaban J connectivity index is 1.90. The van der Waals surface area contributed by atoms with Crippen LogP contribution in [0.2, 0.25) is 0 Å². The molecule has 0 aromatic heterocycles. The van der Waals surface area contributed by atoms with Gasteiger partial charge in [0.05, 0.1) is 0 Å².